The van der Waals surface area contributed by atoms with Crippen LogP contribution in [0.15, 0.2) is 18.2 Å². The lowest BCUT2D eigenvalue weighted by atomic mass is 10.3. The van der Waals surface area contributed by atoms with E-state index in [0.29, 0.717) is 6.54 Å². The van der Waals surface area contributed by atoms with Crippen LogP contribution in [0.5, 0.6) is 0 Å². The first-order valence-electron chi connectivity index (χ1n) is 4.74. The molecule has 0 aromatic carbocycles. The molecule has 1 aromatic heterocycles. The molecule has 0 spiro atoms. The minimum absolute atomic E-state index is 0.0867. The zero-order valence-electron chi connectivity index (χ0n) is 9.01. The highest BCUT2D eigenvalue weighted by Gasteiger charge is 2.32. The molecule has 0 bridgehead atoms. The van der Waals surface area contributed by atoms with Crippen molar-refractivity contribution in [2.24, 2.45) is 0 Å². The van der Waals surface area contributed by atoms with Crippen LogP contribution in [0.1, 0.15) is 12.6 Å². The molecule has 0 aliphatic carbocycles. The molecular weight excluding hydrogens is 221 g/mol. The maximum absolute atomic E-state index is 12.3. The van der Waals surface area contributed by atoms with E-state index in [1.165, 1.54) is 19.2 Å². The number of hydrogen-bond donors (Lipinski definition) is 1. The van der Waals surface area contributed by atoms with Crippen molar-refractivity contribution in [3.8, 4) is 0 Å². The van der Waals surface area contributed by atoms with Gasteiger partial charge in [-0.2, -0.15) is 13.2 Å². The van der Waals surface area contributed by atoms with Crippen molar-refractivity contribution >= 4 is 5.82 Å². The van der Waals surface area contributed by atoms with Gasteiger partial charge in [0.1, 0.15) is 11.5 Å². The van der Waals surface area contributed by atoms with Crippen molar-refractivity contribution < 1.29 is 17.9 Å². The molecular formula is C10H13F3N2O. The number of pyridine rings is 1. The van der Waals surface area contributed by atoms with Crippen LogP contribution in [-0.2, 0) is 10.9 Å². The molecule has 0 amide bonds. The van der Waals surface area contributed by atoms with Gasteiger partial charge in [0.2, 0.25) is 0 Å². The maximum Gasteiger partial charge on any atom is 0.433 e. The van der Waals surface area contributed by atoms with E-state index >= 15 is 0 Å². The topological polar surface area (TPSA) is 34.1 Å². The molecule has 3 nitrogen and oxygen atoms in total. The zero-order chi connectivity index (χ0) is 12.2. The smallest absolute Gasteiger partial charge is 0.380 e. The van der Waals surface area contributed by atoms with Gasteiger partial charge in [0.15, 0.2) is 0 Å². The number of halogens is 3. The molecule has 1 aromatic rings. The predicted octanol–water partition coefficient (Wildman–Crippen LogP) is 2.55. The van der Waals surface area contributed by atoms with Crippen LogP contribution >= 0.6 is 0 Å². The summed E-state index contributed by atoms with van der Waals surface area (Å²) in [4.78, 5) is 3.46. The molecule has 0 aliphatic heterocycles. The van der Waals surface area contributed by atoms with Gasteiger partial charge in [-0.1, -0.05) is 6.07 Å². The van der Waals surface area contributed by atoms with Gasteiger partial charge in [-0.15, -0.1) is 0 Å². The Kier molecular flexibility index (Phi) is 4.12. The highest BCUT2D eigenvalue weighted by molar-refractivity contribution is 5.35. The van der Waals surface area contributed by atoms with Gasteiger partial charge in [-0.05, 0) is 19.1 Å². The van der Waals surface area contributed by atoms with E-state index in [1.807, 2.05) is 0 Å². The lowest BCUT2D eigenvalue weighted by molar-refractivity contribution is -0.141. The first-order valence-corrected chi connectivity index (χ1v) is 4.74. The Bertz CT molecular complexity index is 341. The van der Waals surface area contributed by atoms with E-state index in [9.17, 15) is 13.2 Å². The van der Waals surface area contributed by atoms with Crippen molar-refractivity contribution in [3.05, 3.63) is 23.9 Å². The summed E-state index contributed by atoms with van der Waals surface area (Å²) in [7, 11) is 1.53. The van der Waals surface area contributed by atoms with Crippen LogP contribution in [0.3, 0.4) is 0 Å². The van der Waals surface area contributed by atoms with E-state index in [-0.39, 0.29) is 11.9 Å². The Hall–Kier alpha value is -1.30. The maximum atomic E-state index is 12.3. The first kappa shape index (κ1) is 12.8. The van der Waals surface area contributed by atoms with Gasteiger partial charge in [0, 0.05) is 13.7 Å². The monoisotopic (exact) mass is 234 g/mol. The number of aromatic nitrogens is 1. The van der Waals surface area contributed by atoms with Crippen LogP contribution in [0.25, 0.3) is 0 Å². The Labute approximate surface area is 91.6 Å². The fourth-order valence-corrected chi connectivity index (χ4v) is 1.02. The molecule has 1 N–H and O–H groups in total. The van der Waals surface area contributed by atoms with Crippen molar-refractivity contribution in [2.45, 2.75) is 19.2 Å². The third-order valence-electron chi connectivity index (χ3n) is 2.01. The molecule has 1 rings (SSSR count). The quantitative estimate of drug-likeness (QED) is 0.869. The molecule has 1 heterocycles. The van der Waals surface area contributed by atoms with Crippen LogP contribution in [0.2, 0.25) is 0 Å². The van der Waals surface area contributed by atoms with Gasteiger partial charge >= 0.3 is 6.18 Å². The second-order valence-corrected chi connectivity index (χ2v) is 3.33. The number of hydrogen-bond acceptors (Lipinski definition) is 3. The van der Waals surface area contributed by atoms with E-state index < -0.39 is 11.9 Å². The number of ether oxygens (including phenoxy) is 1. The summed E-state index contributed by atoms with van der Waals surface area (Å²) in [5.41, 5.74) is -0.900. The SMILES string of the molecule is COC(C)CNc1cccc(C(F)(F)F)n1. The van der Waals surface area contributed by atoms with Gasteiger partial charge in [0.05, 0.1) is 6.10 Å². The van der Waals surface area contributed by atoms with Crippen LogP contribution in [0.4, 0.5) is 19.0 Å². The summed E-state index contributed by atoms with van der Waals surface area (Å²) in [5, 5.41) is 2.77. The van der Waals surface area contributed by atoms with Crippen LogP contribution < -0.4 is 5.32 Å². The number of nitrogens with zero attached hydrogens (tertiary/aromatic N) is 1. The Morgan fingerprint density at radius 2 is 2.12 bits per heavy atom. The summed E-state index contributed by atoms with van der Waals surface area (Å²) in [5.74, 6) is 0.193. The summed E-state index contributed by atoms with van der Waals surface area (Å²) in [6.45, 7) is 2.21. The number of anilines is 1. The van der Waals surface area contributed by atoms with E-state index in [1.54, 1.807) is 6.92 Å². The highest BCUT2D eigenvalue weighted by Crippen LogP contribution is 2.28. The molecule has 16 heavy (non-hydrogen) atoms. The Morgan fingerprint density at radius 1 is 1.44 bits per heavy atom. The summed E-state index contributed by atoms with van der Waals surface area (Å²) in [6, 6.07) is 3.73. The highest BCUT2D eigenvalue weighted by atomic mass is 19.4. The lowest BCUT2D eigenvalue weighted by Crippen LogP contribution is -2.19. The lowest BCUT2D eigenvalue weighted by Gasteiger charge is -2.12. The predicted molar refractivity (Wildman–Crippen MR) is 54.2 cm³/mol. The third-order valence-corrected chi connectivity index (χ3v) is 2.01. The van der Waals surface area contributed by atoms with Gasteiger partial charge in [-0.25, -0.2) is 4.98 Å². The summed E-state index contributed by atoms with van der Waals surface area (Å²) < 4.78 is 41.9. The summed E-state index contributed by atoms with van der Waals surface area (Å²) >= 11 is 0. The average Bonchev–Trinajstić information content (AvgIpc) is 2.25. The van der Waals surface area contributed by atoms with E-state index in [4.69, 9.17) is 4.74 Å². The Morgan fingerprint density at radius 3 is 2.69 bits per heavy atom. The molecule has 0 saturated carbocycles. The Balaban J connectivity index is 2.68. The number of alkyl halides is 3. The fourth-order valence-electron chi connectivity index (χ4n) is 1.02. The van der Waals surface area contributed by atoms with E-state index in [0.717, 1.165) is 6.07 Å². The second-order valence-electron chi connectivity index (χ2n) is 3.33. The molecule has 90 valence electrons. The van der Waals surface area contributed by atoms with Crippen LogP contribution in [0, 0.1) is 0 Å². The number of methoxy groups -OCH3 is 1. The van der Waals surface area contributed by atoms with Gasteiger partial charge < -0.3 is 10.1 Å². The molecule has 1 unspecified atom stereocenters. The first-order chi connectivity index (χ1) is 7.43. The fraction of sp³-hybridized carbons (Fsp3) is 0.500. The van der Waals surface area contributed by atoms with Crippen molar-refractivity contribution in [1.29, 1.82) is 0 Å². The standard InChI is InChI=1S/C10H13F3N2O/c1-7(16-2)6-14-9-5-3-4-8(15-9)10(11,12)13/h3-5,7H,6H2,1-2H3,(H,14,15). The normalized spacial score (nSPS) is 13.6. The average molecular weight is 234 g/mol. The summed E-state index contributed by atoms with van der Waals surface area (Å²) in [6.07, 6.45) is -4.50. The van der Waals surface area contributed by atoms with Crippen molar-refractivity contribution in [2.75, 3.05) is 19.0 Å². The number of rotatable bonds is 4. The molecule has 0 fully saturated rings. The third kappa shape index (κ3) is 3.69. The van der Waals surface area contributed by atoms with Gasteiger partial charge in [-0.3, -0.25) is 0 Å². The van der Waals surface area contributed by atoms with Crippen LogP contribution in [-0.4, -0.2) is 24.7 Å². The zero-order valence-corrected chi connectivity index (χ0v) is 9.01. The van der Waals surface area contributed by atoms with Gasteiger partial charge in [0.25, 0.3) is 0 Å². The second kappa shape index (κ2) is 5.16. The number of nitrogens with one attached hydrogen (secondary N) is 1. The molecule has 1 atom stereocenters. The molecule has 0 radical (unpaired) electrons. The minimum atomic E-state index is -4.41. The molecule has 0 aliphatic rings. The molecule has 0 saturated heterocycles. The van der Waals surface area contributed by atoms with Crippen molar-refractivity contribution in [1.82, 2.24) is 4.98 Å². The minimum Gasteiger partial charge on any atom is -0.380 e. The van der Waals surface area contributed by atoms with E-state index in [2.05, 4.69) is 10.3 Å². The van der Waals surface area contributed by atoms with Crippen molar-refractivity contribution in [3.63, 3.8) is 0 Å². The molecule has 6 heteroatoms. The largest absolute Gasteiger partial charge is 0.433 e.